The summed E-state index contributed by atoms with van der Waals surface area (Å²) in [6.45, 7) is 2.55. The molecule has 0 saturated carbocycles. The van der Waals surface area contributed by atoms with E-state index >= 15 is 0 Å². The lowest BCUT2D eigenvalue weighted by atomic mass is 9.96. The highest BCUT2D eigenvalue weighted by Gasteiger charge is 2.26. The number of phenols is 2. The highest BCUT2D eigenvalue weighted by Crippen LogP contribution is 2.34. The van der Waals surface area contributed by atoms with Gasteiger partial charge in [0.05, 0.1) is 11.3 Å². The van der Waals surface area contributed by atoms with Gasteiger partial charge in [-0.15, -0.1) is 0 Å². The van der Waals surface area contributed by atoms with Gasteiger partial charge in [0.1, 0.15) is 17.8 Å². The van der Waals surface area contributed by atoms with Gasteiger partial charge >= 0.3 is 0 Å². The zero-order chi connectivity index (χ0) is 19.0. The maximum atomic E-state index is 13.0. The second kappa shape index (κ2) is 6.72. The second-order valence-electron chi connectivity index (χ2n) is 6.66. The van der Waals surface area contributed by atoms with E-state index in [-0.39, 0.29) is 23.0 Å². The Hall–Kier alpha value is -3.41. The molecule has 1 aliphatic rings. The summed E-state index contributed by atoms with van der Waals surface area (Å²) in [5, 5.41) is 19.5. The Kier molecular flexibility index (Phi) is 4.24. The van der Waals surface area contributed by atoms with Gasteiger partial charge in [-0.05, 0) is 55.2 Å². The van der Waals surface area contributed by atoms with Crippen LogP contribution in [-0.4, -0.2) is 32.6 Å². The molecule has 0 spiro atoms. The van der Waals surface area contributed by atoms with Crippen molar-refractivity contribution in [1.29, 1.82) is 0 Å². The normalized spacial score (nSPS) is 13.3. The van der Waals surface area contributed by atoms with Crippen LogP contribution >= 0.6 is 0 Å². The number of benzene rings is 2. The summed E-state index contributed by atoms with van der Waals surface area (Å²) in [4.78, 5) is 23.1. The number of carbonyl (C=O) groups is 1. The van der Waals surface area contributed by atoms with Gasteiger partial charge in [0.15, 0.2) is 0 Å². The monoisotopic (exact) mass is 361 g/mol. The fourth-order valence-electron chi connectivity index (χ4n) is 3.50. The average Bonchev–Trinajstić information content (AvgIpc) is 2.67. The molecule has 3 aromatic rings. The van der Waals surface area contributed by atoms with Gasteiger partial charge in [-0.25, -0.2) is 9.97 Å². The van der Waals surface area contributed by atoms with Crippen LogP contribution in [-0.2, 0) is 6.42 Å². The predicted molar refractivity (Wildman–Crippen MR) is 102 cm³/mol. The van der Waals surface area contributed by atoms with Gasteiger partial charge in [-0.3, -0.25) is 4.79 Å². The van der Waals surface area contributed by atoms with Crippen LogP contribution in [0.2, 0.25) is 0 Å². The number of aromatic nitrogens is 2. The third-order valence-corrected chi connectivity index (χ3v) is 4.82. The predicted octanol–water partition coefficient (Wildman–Crippen LogP) is 3.46. The number of anilines is 1. The molecule has 4 rings (SSSR count). The highest BCUT2D eigenvalue weighted by molar-refractivity contribution is 6.08. The molecule has 0 radical (unpaired) electrons. The van der Waals surface area contributed by atoms with E-state index in [2.05, 4.69) is 16.0 Å². The van der Waals surface area contributed by atoms with Crippen molar-refractivity contribution in [3.05, 3.63) is 65.6 Å². The van der Waals surface area contributed by atoms with Gasteiger partial charge in [0.25, 0.3) is 5.91 Å². The summed E-state index contributed by atoms with van der Waals surface area (Å²) >= 11 is 0. The van der Waals surface area contributed by atoms with Crippen LogP contribution in [0, 0.1) is 6.92 Å². The van der Waals surface area contributed by atoms with E-state index in [9.17, 15) is 15.0 Å². The Balaban J connectivity index is 1.72. The topological polar surface area (TPSA) is 86.6 Å². The Morgan fingerprint density at radius 3 is 2.78 bits per heavy atom. The van der Waals surface area contributed by atoms with Crippen LogP contribution < -0.4 is 4.90 Å². The number of amides is 1. The Morgan fingerprint density at radius 2 is 2.00 bits per heavy atom. The number of carbonyl (C=O) groups excluding carboxylic acids is 1. The molecule has 2 heterocycles. The zero-order valence-electron chi connectivity index (χ0n) is 14.9. The quantitative estimate of drug-likeness (QED) is 0.730. The molecule has 0 aliphatic carbocycles. The lowest BCUT2D eigenvalue weighted by Crippen LogP contribution is -2.35. The first kappa shape index (κ1) is 17.0. The number of aryl methyl sites for hydroxylation is 2. The molecule has 1 amide bonds. The minimum absolute atomic E-state index is 0.0760. The third-order valence-electron chi connectivity index (χ3n) is 4.82. The molecule has 2 aromatic carbocycles. The molecule has 0 atom stereocenters. The fourth-order valence-corrected chi connectivity index (χ4v) is 3.50. The first-order valence-corrected chi connectivity index (χ1v) is 8.78. The minimum atomic E-state index is -0.278. The van der Waals surface area contributed by atoms with Crippen molar-refractivity contribution in [3.8, 4) is 22.8 Å². The third kappa shape index (κ3) is 3.10. The number of rotatable bonds is 2. The van der Waals surface area contributed by atoms with Crippen LogP contribution in [0.15, 0.2) is 48.9 Å². The summed E-state index contributed by atoms with van der Waals surface area (Å²) in [5.41, 5.74) is 4.96. The first-order chi connectivity index (χ1) is 13.0. The average molecular weight is 361 g/mol. The zero-order valence-corrected chi connectivity index (χ0v) is 14.9. The van der Waals surface area contributed by atoms with Crippen LogP contribution in [0.5, 0.6) is 11.5 Å². The van der Waals surface area contributed by atoms with Gasteiger partial charge < -0.3 is 15.1 Å². The lowest BCUT2D eigenvalue weighted by Gasteiger charge is -2.30. The van der Waals surface area contributed by atoms with Gasteiger partial charge in [0, 0.05) is 30.1 Å². The van der Waals surface area contributed by atoms with Crippen molar-refractivity contribution in [3.63, 3.8) is 0 Å². The number of hydrogen-bond donors (Lipinski definition) is 2. The first-order valence-electron chi connectivity index (χ1n) is 8.78. The number of nitrogens with zero attached hydrogens (tertiary/aromatic N) is 3. The molecule has 6 nitrogen and oxygen atoms in total. The molecule has 0 fully saturated rings. The van der Waals surface area contributed by atoms with E-state index in [0.717, 1.165) is 40.9 Å². The van der Waals surface area contributed by atoms with E-state index in [4.69, 9.17) is 0 Å². The van der Waals surface area contributed by atoms with Gasteiger partial charge in [0.2, 0.25) is 0 Å². The van der Waals surface area contributed by atoms with Crippen molar-refractivity contribution >= 4 is 11.6 Å². The molecule has 2 N–H and O–H groups in total. The van der Waals surface area contributed by atoms with E-state index < -0.39 is 0 Å². The van der Waals surface area contributed by atoms with Gasteiger partial charge in [-0.1, -0.05) is 6.07 Å². The number of fused-ring (bicyclic) bond motifs is 1. The van der Waals surface area contributed by atoms with Crippen molar-refractivity contribution in [2.45, 2.75) is 19.8 Å². The van der Waals surface area contributed by atoms with Gasteiger partial charge in [-0.2, -0.15) is 0 Å². The maximum Gasteiger partial charge on any atom is 0.262 e. The molecule has 6 heteroatoms. The largest absolute Gasteiger partial charge is 0.508 e. The molecule has 0 bridgehead atoms. The molecule has 0 unspecified atom stereocenters. The summed E-state index contributed by atoms with van der Waals surface area (Å²) < 4.78 is 0. The summed E-state index contributed by atoms with van der Waals surface area (Å²) in [6.07, 6.45) is 5.03. The van der Waals surface area contributed by atoms with Crippen molar-refractivity contribution in [1.82, 2.24) is 9.97 Å². The van der Waals surface area contributed by atoms with Crippen LogP contribution in [0.1, 0.15) is 27.9 Å². The molecular weight excluding hydrogens is 342 g/mol. The van der Waals surface area contributed by atoms with Crippen molar-refractivity contribution in [2.24, 2.45) is 0 Å². The number of phenolic OH excluding ortho intramolecular Hbond substituents is 2. The summed E-state index contributed by atoms with van der Waals surface area (Å²) in [6, 6.07) is 9.98. The number of hydrogen-bond acceptors (Lipinski definition) is 5. The maximum absolute atomic E-state index is 13.0. The second-order valence-corrected chi connectivity index (χ2v) is 6.66. The summed E-state index contributed by atoms with van der Waals surface area (Å²) in [7, 11) is 0. The van der Waals surface area contributed by atoms with Crippen molar-refractivity contribution < 1.29 is 15.0 Å². The van der Waals surface area contributed by atoms with E-state index in [1.165, 1.54) is 24.5 Å². The SMILES string of the molecule is Cc1cncnc1-c1ccc2c(c1)CCCN2C(=O)c1ccc(O)cc1O. The Labute approximate surface area is 156 Å². The van der Waals surface area contributed by atoms with Crippen LogP contribution in [0.25, 0.3) is 11.3 Å². The van der Waals surface area contributed by atoms with E-state index in [1.807, 2.05) is 19.1 Å². The number of aromatic hydroxyl groups is 2. The molecule has 1 aliphatic heterocycles. The van der Waals surface area contributed by atoms with E-state index in [0.29, 0.717) is 6.54 Å². The molecular formula is C21H19N3O3. The Bertz CT molecular complexity index is 1030. The van der Waals surface area contributed by atoms with Crippen LogP contribution in [0.3, 0.4) is 0 Å². The highest BCUT2D eigenvalue weighted by atomic mass is 16.3. The minimum Gasteiger partial charge on any atom is -0.508 e. The van der Waals surface area contributed by atoms with E-state index in [1.54, 1.807) is 11.1 Å². The smallest absolute Gasteiger partial charge is 0.262 e. The fraction of sp³-hybridized carbons (Fsp3) is 0.190. The summed E-state index contributed by atoms with van der Waals surface area (Å²) in [5.74, 6) is -0.576. The molecule has 1 aromatic heterocycles. The lowest BCUT2D eigenvalue weighted by molar-refractivity contribution is 0.0982. The molecule has 136 valence electrons. The standard InChI is InChI=1S/C21H19N3O3/c1-13-11-22-12-23-20(13)15-4-7-18-14(9-15)3-2-8-24(18)21(27)17-6-5-16(25)10-19(17)26/h4-7,9-12,25-26H,2-3,8H2,1H3. The Morgan fingerprint density at radius 1 is 1.15 bits per heavy atom. The van der Waals surface area contributed by atoms with Crippen molar-refractivity contribution in [2.75, 3.05) is 11.4 Å². The van der Waals surface area contributed by atoms with Crippen LogP contribution in [0.4, 0.5) is 5.69 Å². The molecule has 27 heavy (non-hydrogen) atoms. The molecule has 0 saturated heterocycles.